The van der Waals surface area contributed by atoms with Crippen molar-refractivity contribution in [1.29, 1.82) is 0 Å². The smallest absolute Gasteiger partial charge is 0.0794 e. The topological polar surface area (TPSA) is 54.4 Å². The fourth-order valence-electron chi connectivity index (χ4n) is 1.73. The highest BCUT2D eigenvalue weighted by Gasteiger charge is 2.18. The third-order valence-electron chi connectivity index (χ3n) is 2.59. The molecule has 2 unspecified atom stereocenters. The predicted octanol–water partition coefficient (Wildman–Crippen LogP) is 0.945. The van der Waals surface area contributed by atoms with Crippen LogP contribution in [-0.2, 0) is 4.74 Å². The van der Waals surface area contributed by atoms with Crippen molar-refractivity contribution in [2.24, 2.45) is 0 Å². The minimum absolute atomic E-state index is 0.00157. The van der Waals surface area contributed by atoms with Gasteiger partial charge in [-0.15, -0.1) is 11.3 Å². The van der Waals surface area contributed by atoms with Crippen molar-refractivity contribution < 1.29 is 9.84 Å². The summed E-state index contributed by atoms with van der Waals surface area (Å²) >= 11 is 1.56. The van der Waals surface area contributed by atoms with Crippen molar-refractivity contribution in [2.45, 2.75) is 25.0 Å². The highest BCUT2D eigenvalue weighted by molar-refractivity contribution is 7.09. The predicted molar refractivity (Wildman–Crippen MR) is 58.9 cm³/mol. The van der Waals surface area contributed by atoms with Crippen molar-refractivity contribution >= 4 is 11.3 Å². The molecule has 1 aliphatic heterocycles. The Bertz CT molecular complexity index is 273. The SMILES string of the molecule is OCC(NCC1CCCO1)c1cncs1. The van der Waals surface area contributed by atoms with Gasteiger partial charge in [-0.2, -0.15) is 0 Å². The van der Waals surface area contributed by atoms with Crippen LogP contribution in [0.25, 0.3) is 0 Å². The summed E-state index contributed by atoms with van der Waals surface area (Å²) in [7, 11) is 0. The highest BCUT2D eigenvalue weighted by Crippen LogP contribution is 2.18. The molecule has 0 amide bonds. The lowest BCUT2D eigenvalue weighted by Gasteiger charge is -2.17. The Morgan fingerprint density at radius 2 is 2.67 bits per heavy atom. The Labute approximate surface area is 93.3 Å². The van der Waals surface area contributed by atoms with Crippen LogP contribution in [0.3, 0.4) is 0 Å². The van der Waals surface area contributed by atoms with Crippen LogP contribution in [0.15, 0.2) is 11.7 Å². The van der Waals surface area contributed by atoms with Crippen LogP contribution in [0.4, 0.5) is 0 Å². The molecule has 0 saturated carbocycles. The summed E-state index contributed by atoms with van der Waals surface area (Å²) in [5, 5.41) is 12.6. The van der Waals surface area contributed by atoms with Gasteiger partial charge in [-0.1, -0.05) is 0 Å². The van der Waals surface area contributed by atoms with Crippen molar-refractivity contribution in [3.05, 3.63) is 16.6 Å². The Balaban J connectivity index is 1.80. The van der Waals surface area contributed by atoms with E-state index in [1.165, 1.54) is 0 Å². The molecule has 0 bridgehead atoms. The number of nitrogens with zero attached hydrogens (tertiary/aromatic N) is 1. The molecule has 1 aromatic heterocycles. The molecule has 4 nitrogen and oxygen atoms in total. The van der Waals surface area contributed by atoms with Gasteiger partial charge in [-0.05, 0) is 12.8 Å². The first kappa shape index (κ1) is 11.0. The first-order chi connectivity index (χ1) is 7.40. The number of hydrogen-bond acceptors (Lipinski definition) is 5. The molecular weight excluding hydrogens is 212 g/mol. The fraction of sp³-hybridized carbons (Fsp3) is 0.700. The van der Waals surface area contributed by atoms with Crippen LogP contribution in [-0.4, -0.2) is 36.0 Å². The van der Waals surface area contributed by atoms with E-state index in [-0.39, 0.29) is 12.6 Å². The lowest BCUT2D eigenvalue weighted by atomic mass is 10.2. The summed E-state index contributed by atoms with van der Waals surface area (Å²) in [4.78, 5) is 5.09. The molecule has 1 aromatic rings. The van der Waals surface area contributed by atoms with E-state index < -0.39 is 0 Å². The van der Waals surface area contributed by atoms with Gasteiger partial charge >= 0.3 is 0 Å². The summed E-state index contributed by atoms with van der Waals surface area (Å²) in [6, 6.07) is 0.00157. The van der Waals surface area contributed by atoms with Gasteiger partial charge in [-0.25, -0.2) is 0 Å². The van der Waals surface area contributed by atoms with Crippen molar-refractivity contribution in [2.75, 3.05) is 19.8 Å². The highest BCUT2D eigenvalue weighted by atomic mass is 32.1. The maximum atomic E-state index is 9.25. The maximum Gasteiger partial charge on any atom is 0.0794 e. The van der Waals surface area contributed by atoms with E-state index in [1.54, 1.807) is 23.0 Å². The number of nitrogens with one attached hydrogen (secondary N) is 1. The molecule has 2 atom stereocenters. The van der Waals surface area contributed by atoms with Crippen LogP contribution in [0.1, 0.15) is 23.8 Å². The largest absolute Gasteiger partial charge is 0.394 e. The number of hydrogen-bond donors (Lipinski definition) is 2. The summed E-state index contributed by atoms with van der Waals surface area (Å²) in [5.41, 5.74) is 1.78. The van der Waals surface area contributed by atoms with Crippen molar-refractivity contribution in [3.8, 4) is 0 Å². The minimum Gasteiger partial charge on any atom is -0.394 e. The average molecular weight is 228 g/mol. The van der Waals surface area contributed by atoms with Gasteiger partial charge in [0.1, 0.15) is 0 Å². The van der Waals surface area contributed by atoms with Crippen LogP contribution in [0.2, 0.25) is 0 Å². The molecule has 1 saturated heterocycles. The van der Waals surface area contributed by atoms with Gasteiger partial charge in [0.2, 0.25) is 0 Å². The lowest BCUT2D eigenvalue weighted by Crippen LogP contribution is -2.31. The number of aliphatic hydroxyl groups is 1. The molecule has 0 aliphatic carbocycles. The zero-order valence-corrected chi connectivity index (χ0v) is 9.37. The van der Waals surface area contributed by atoms with Gasteiger partial charge in [0.15, 0.2) is 0 Å². The summed E-state index contributed by atoms with van der Waals surface area (Å²) < 4.78 is 5.51. The summed E-state index contributed by atoms with van der Waals surface area (Å²) in [6.45, 7) is 1.79. The molecule has 84 valence electrons. The third-order valence-corrected chi connectivity index (χ3v) is 3.48. The zero-order valence-electron chi connectivity index (χ0n) is 8.56. The fourth-order valence-corrected chi connectivity index (χ4v) is 2.42. The number of aliphatic hydroxyl groups excluding tert-OH is 1. The van der Waals surface area contributed by atoms with Gasteiger partial charge in [-0.3, -0.25) is 4.98 Å². The number of thiazole rings is 1. The van der Waals surface area contributed by atoms with Gasteiger partial charge < -0.3 is 15.2 Å². The standard InChI is InChI=1S/C10H16N2O2S/c13-6-9(10-5-11-7-15-10)12-4-8-2-1-3-14-8/h5,7-9,12-13H,1-4,6H2. The second-order valence-corrected chi connectivity index (χ2v) is 4.60. The Morgan fingerprint density at radius 1 is 1.73 bits per heavy atom. The lowest BCUT2D eigenvalue weighted by molar-refractivity contribution is 0.104. The molecule has 1 aliphatic rings. The third kappa shape index (κ3) is 2.98. The maximum absolute atomic E-state index is 9.25. The monoisotopic (exact) mass is 228 g/mol. The number of ether oxygens (including phenoxy) is 1. The Kier molecular flexibility index (Phi) is 4.08. The first-order valence-corrected chi connectivity index (χ1v) is 6.12. The molecule has 0 aromatic carbocycles. The van der Waals surface area contributed by atoms with Gasteiger partial charge in [0, 0.05) is 24.2 Å². The van der Waals surface area contributed by atoms with E-state index in [0.29, 0.717) is 6.10 Å². The van der Waals surface area contributed by atoms with E-state index in [4.69, 9.17) is 4.74 Å². The van der Waals surface area contributed by atoms with Crippen molar-refractivity contribution in [3.63, 3.8) is 0 Å². The molecule has 2 N–H and O–H groups in total. The van der Waals surface area contributed by atoms with Crippen LogP contribution >= 0.6 is 11.3 Å². The molecular formula is C10H16N2O2S. The van der Waals surface area contributed by atoms with Crippen LogP contribution in [0, 0.1) is 0 Å². The van der Waals surface area contributed by atoms with Gasteiger partial charge in [0.05, 0.1) is 24.3 Å². The Hall–Kier alpha value is -0.490. The normalized spacial score (nSPS) is 23.1. The number of rotatable bonds is 5. The van der Waals surface area contributed by atoms with Crippen LogP contribution in [0.5, 0.6) is 0 Å². The van der Waals surface area contributed by atoms with E-state index >= 15 is 0 Å². The molecule has 2 heterocycles. The molecule has 15 heavy (non-hydrogen) atoms. The quantitative estimate of drug-likeness (QED) is 0.787. The summed E-state index contributed by atoms with van der Waals surface area (Å²) in [5.74, 6) is 0. The molecule has 0 radical (unpaired) electrons. The van der Waals surface area contributed by atoms with E-state index in [1.807, 2.05) is 0 Å². The first-order valence-electron chi connectivity index (χ1n) is 5.24. The molecule has 0 spiro atoms. The number of aromatic nitrogens is 1. The van der Waals surface area contributed by atoms with Crippen LogP contribution < -0.4 is 5.32 Å². The second-order valence-electron chi connectivity index (χ2n) is 3.68. The minimum atomic E-state index is 0.00157. The molecule has 1 fully saturated rings. The van der Waals surface area contributed by atoms with E-state index in [9.17, 15) is 5.11 Å². The van der Waals surface area contributed by atoms with Crippen molar-refractivity contribution in [1.82, 2.24) is 10.3 Å². The average Bonchev–Trinajstić information content (AvgIpc) is 2.90. The van der Waals surface area contributed by atoms with E-state index in [2.05, 4.69) is 10.3 Å². The molecule has 2 rings (SSSR count). The second kappa shape index (κ2) is 5.55. The molecule has 5 heteroatoms. The Morgan fingerprint density at radius 3 is 3.27 bits per heavy atom. The van der Waals surface area contributed by atoms with Gasteiger partial charge in [0.25, 0.3) is 0 Å². The van der Waals surface area contributed by atoms with E-state index in [0.717, 1.165) is 30.9 Å². The summed E-state index contributed by atoms with van der Waals surface area (Å²) in [6.07, 6.45) is 4.38. The zero-order chi connectivity index (χ0) is 10.5.